The molecule has 1 aliphatic rings. The van der Waals surface area contributed by atoms with Gasteiger partial charge < -0.3 is 9.64 Å². The standard InChI is InChI=1S/C19H19N5O3S/c25-24(26)17-9-5-4-6-15(17)14-28-19-21-20-18(22-10-12-27-13-11-22)23(19)16-7-2-1-3-8-16/h1-9H,10-14H2. The van der Waals surface area contributed by atoms with E-state index in [1.165, 1.54) is 17.8 Å². The molecule has 9 heteroatoms. The Morgan fingerprint density at radius 1 is 1.04 bits per heavy atom. The van der Waals surface area contributed by atoms with Gasteiger partial charge in [-0.3, -0.25) is 14.7 Å². The van der Waals surface area contributed by atoms with Gasteiger partial charge in [0.25, 0.3) is 5.69 Å². The Morgan fingerprint density at radius 3 is 2.50 bits per heavy atom. The number of nitro groups is 1. The van der Waals surface area contributed by atoms with Crippen LogP contribution in [0.5, 0.6) is 0 Å². The van der Waals surface area contributed by atoms with Crippen molar-refractivity contribution in [2.75, 3.05) is 31.2 Å². The van der Waals surface area contributed by atoms with E-state index in [1.54, 1.807) is 12.1 Å². The number of nitrogens with zero attached hydrogens (tertiary/aromatic N) is 5. The smallest absolute Gasteiger partial charge is 0.273 e. The topological polar surface area (TPSA) is 86.3 Å². The number of thioether (sulfide) groups is 1. The summed E-state index contributed by atoms with van der Waals surface area (Å²) in [6.07, 6.45) is 0. The van der Waals surface area contributed by atoms with Crippen LogP contribution in [0.4, 0.5) is 11.6 Å². The Kier molecular flexibility index (Phi) is 5.54. The Labute approximate surface area is 166 Å². The Balaban J connectivity index is 1.66. The molecule has 1 aliphatic heterocycles. The van der Waals surface area contributed by atoms with Crippen LogP contribution in [0.25, 0.3) is 5.69 Å². The third-order valence-corrected chi connectivity index (χ3v) is 5.45. The summed E-state index contributed by atoms with van der Waals surface area (Å²) in [4.78, 5) is 13.1. The van der Waals surface area contributed by atoms with E-state index in [4.69, 9.17) is 4.74 Å². The Hall–Kier alpha value is -2.91. The quantitative estimate of drug-likeness (QED) is 0.358. The van der Waals surface area contributed by atoms with Crippen molar-refractivity contribution in [2.24, 2.45) is 0 Å². The highest BCUT2D eigenvalue weighted by Crippen LogP contribution is 2.31. The first kappa shape index (κ1) is 18.5. The van der Waals surface area contributed by atoms with Crippen LogP contribution in [0.15, 0.2) is 59.8 Å². The van der Waals surface area contributed by atoms with E-state index in [9.17, 15) is 10.1 Å². The van der Waals surface area contributed by atoms with Gasteiger partial charge in [-0.15, -0.1) is 10.2 Å². The number of para-hydroxylation sites is 2. The van der Waals surface area contributed by atoms with Crippen LogP contribution in [0.2, 0.25) is 0 Å². The van der Waals surface area contributed by atoms with Crippen molar-refractivity contribution < 1.29 is 9.66 Å². The predicted octanol–water partition coefficient (Wildman–Crippen LogP) is 3.30. The highest BCUT2D eigenvalue weighted by Gasteiger charge is 2.22. The molecular formula is C19H19N5O3S. The summed E-state index contributed by atoms with van der Waals surface area (Å²) in [7, 11) is 0. The van der Waals surface area contributed by atoms with Crippen LogP contribution in [-0.2, 0) is 10.5 Å². The number of morpholine rings is 1. The maximum atomic E-state index is 11.3. The number of hydrogen-bond acceptors (Lipinski definition) is 7. The minimum atomic E-state index is -0.350. The predicted molar refractivity (Wildman–Crippen MR) is 107 cm³/mol. The third-order valence-electron chi connectivity index (χ3n) is 4.47. The zero-order chi connectivity index (χ0) is 19.3. The van der Waals surface area contributed by atoms with E-state index in [0.717, 1.165) is 24.7 Å². The summed E-state index contributed by atoms with van der Waals surface area (Å²) in [6.45, 7) is 2.81. The summed E-state index contributed by atoms with van der Waals surface area (Å²) in [5, 5.41) is 20.8. The molecule has 0 aliphatic carbocycles. The maximum Gasteiger partial charge on any atom is 0.273 e. The van der Waals surface area contributed by atoms with Gasteiger partial charge in [-0.2, -0.15) is 0 Å². The number of aromatic nitrogens is 3. The fourth-order valence-corrected chi connectivity index (χ4v) is 4.02. The fraction of sp³-hybridized carbons (Fsp3) is 0.263. The SMILES string of the molecule is O=[N+]([O-])c1ccccc1CSc1nnc(N2CCOCC2)n1-c1ccccc1. The van der Waals surface area contributed by atoms with Gasteiger partial charge in [0.05, 0.1) is 23.8 Å². The third kappa shape index (κ3) is 3.85. The Bertz CT molecular complexity index is 957. The highest BCUT2D eigenvalue weighted by atomic mass is 32.2. The van der Waals surface area contributed by atoms with E-state index in [-0.39, 0.29) is 10.6 Å². The van der Waals surface area contributed by atoms with Crippen molar-refractivity contribution in [1.29, 1.82) is 0 Å². The normalized spacial score (nSPS) is 14.2. The molecule has 0 amide bonds. The maximum absolute atomic E-state index is 11.3. The van der Waals surface area contributed by atoms with Crippen molar-refractivity contribution in [3.63, 3.8) is 0 Å². The molecule has 2 aromatic carbocycles. The van der Waals surface area contributed by atoms with Gasteiger partial charge in [-0.25, -0.2) is 0 Å². The molecule has 28 heavy (non-hydrogen) atoms. The van der Waals surface area contributed by atoms with Crippen molar-refractivity contribution >= 4 is 23.4 Å². The molecule has 0 radical (unpaired) electrons. The molecule has 8 nitrogen and oxygen atoms in total. The highest BCUT2D eigenvalue weighted by molar-refractivity contribution is 7.98. The van der Waals surface area contributed by atoms with Crippen LogP contribution in [0, 0.1) is 10.1 Å². The first-order chi connectivity index (χ1) is 13.7. The van der Waals surface area contributed by atoms with Gasteiger partial charge in [0.1, 0.15) is 0 Å². The molecule has 0 spiro atoms. The lowest BCUT2D eigenvalue weighted by Gasteiger charge is -2.27. The minimum absolute atomic E-state index is 0.120. The Morgan fingerprint density at radius 2 is 1.75 bits per heavy atom. The van der Waals surface area contributed by atoms with Gasteiger partial charge in [-0.05, 0) is 12.1 Å². The van der Waals surface area contributed by atoms with E-state index in [1.807, 2.05) is 41.0 Å². The molecule has 0 atom stereocenters. The van der Waals surface area contributed by atoms with E-state index in [2.05, 4.69) is 15.1 Å². The zero-order valence-corrected chi connectivity index (χ0v) is 15.9. The summed E-state index contributed by atoms with van der Waals surface area (Å²) >= 11 is 1.44. The molecule has 0 unspecified atom stereocenters. The van der Waals surface area contributed by atoms with Crippen LogP contribution in [-0.4, -0.2) is 46.0 Å². The second-order valence-electron chi connectivity index (χ2n) is 6.23. The van der Waals surface area contributed by atoms with E-state index >= 15 is 0 Å². The number of ether oxygens (including phenoxy) is 1. The lowest BCUT2D eigenvalue weighted by Crippen LogP contribution is -2.37. The average Bonchev–Trinajstić information content (AvgIpc) is 3.17. The van der Waals surface area contributed by atoms with Crippen LogP contribution in [0.1, 0.15) is 5.56 Å². The summed E-state index contributed by atoms with van der Waals surface area (Å²) in [5.74, 6) is 1.20. The van der Waals surface area contributed by atoms with Gasteiger partial charge in [0, 0.05) is 30.5 Å². The van der Waals surface area contributed by atoms with Gasteiger partial charge in [0.2, 0.25) is 5.95 Å². The molecule has 4 rings (SSSR count). The lowest BCUT2D eigenvalue weighted by molar-refractivity contribution is -0.385. The van der Waals surface area contributed by atoms with Crippen LogP contribution >= 0.6 is 11.8 Å². The molecule has 0 saturated carbocycles. The molecule has 2 heterocycles. The largest absolute Gasteiger partial charge is 0.378 e. The molecule has 0 bridgehead atoms. The molecule has 3 aromatic rings. The molecule has 1 fully saturated rings. The molecular weight excluding hydrogens is 378 g/mol. The molecule has 144 valence electrons. The second kappa shape index (κ2) is 8.41. The summed E-state index contributed by atoms with van der Waals surface area (Å²) in [5.41, 5.74) is 1.74. The van der Waals surface area contributed by atoms with Gasteiger partial charge >= 0.3 is 0 Å². The van der Waals surface area contributed by atoms with Crippen molar-refractivity contribution in [1.82, 2.24) is 14.8 Å². The number of nitro benzene ring substituents is 1. The van der Waals surface area contributed by atoms with Crippen LogP contribution in [0.3, 0.4) is 0 Å². The van der Waals surface area contributed by atoms with Gasteiger partial charge in [-0.1, -0.05) is 48.2 Å². The lowest BCUT2D eigenvalue weighted by atomic mass is 10.2. The average molecular weight is 397 g/mol. The number of rotatable bonds is 6. The first-order valence-corrected chi connectivity index (χ1v) is 9.91. The molecule has 1 saturated heterocycles. The molecule has 1 aromatic heterocycles. The number of anilines is 1. The number of benzene rings is 2. The molecule has 0 N–H and O–H groups in total. The van der Waals surface area contributed by atoms with Crippen molar-refractivity contribution in [2.45, 2.75) is 10.9 Å². The zero-order valence-electron chi connectivity index (χ0n) is 15.1. The summed E-state index contributed by atoms with van der Waals surface area (Å²) < 4.78 is 7.45. The monoisotopic (exact) mass is 397 g/mol. The second-order valence-corrected chi connectivity index (χ2v) is 7.17. The fourth-order valence-electron chi connectivity index (χ4n) is 3.08. The van der Waals surface area contributed by atoms with Gasteiger partial charge in [0.15, 0.2) is 5.16 Å². The minimum Gasteiger partial charge on any atom is -0.378 e. The first-order valence-electron chi connectivity index (χ1n) is 8.92. The van der Waals surface area contributed by atoms with Crippen molar-refractivity contribution in [3.05, 3.63) is 70.3 Å². The van der Waals surface area contributed by atoms with E-state index < -0.39 is 0 Å². The number of hydrogen-bond donors (Lipinski definition) is 0. The van der Waals surface area contributed by atoms with Crippen molar-refractivity contribution in [3.8, 4) is 5.69 Å². The van der Waals surface area contributed by atoms with E-state index in [0.29, 0.717) is 29.7 Å². The summed E-state index contributed by atoms with van der Waals surface area (Å²) in [6, 6.07) is 16.7. The van der Waals surface area contributed by atoms with Crippen LogP contribution < -0.4 is 4.90 Å².